The average Bonchev–Trinajstić information content (AvgIpc) is 2.59. The van der Waals surface area contributed by atoms with Crippen molar-refractivity contribution in [2.75, 3.05) is 6.54 Å². The van der Waals surface area contributed by atoms with Crippen LogP contribution in [0.5, 0.6) is 0 Å². The zero-order valence-corrected chi connectivity index (χ0v) is 14.1. The molecule has 1 saturated carbocycles. The Morgan fingerprint density at radius 3 is 2.39 bits per heavy atom. The van der Waals surface area contributed by atoms with Crippen molar-refractivity contribution < 1.29 is 9.59 Å². The predicted molar refractivity (Wildman–Crippen MR) is 92.6 cm³/mol. The summed E-state index contributed by atoms with van der Waals surface area (Å²) in [6, 6.07) is 6.78. The van der Waals surface area contributed by atoms with Crippen molar-refractivity contribution in [2.45, 2.75) is 51.0 Å². The Morgan fingerprint density at radius 1 is 1.13 bits per heavy atom. The third-order valence-electron chi connectivity index (χ3n) is 4.56. The Morgan fingerprint density at radius 2 is 1.78 bits per heavy atom. The van der Waals surface area contributed by atoms with Crippen LogP contribution in [0.2, 0.25) is 5.02 Å². The summed E-state index contributed by atoms with van der Waals surface area (Å²) in [6.07, 6.45) is 6.37. The summed E-state index contributed by atoms with van der Waals surface area (Å²) in [7, 11) is 0. The van der Waals surface area contributed by atoms with E-state index >= 15 is 0 Å². The molecule has 0 spiro atoms. The summed E-state index contributed by atoms with van der Waals surface area (Å²) < 4.78 is 0. The van der Waals surface area contributed by atoms with Crippen LogP contribution in [0.4, 0.5) is 0 Å². The highest BCUT2D eigenvalue weighted by Crippen LogP contribution is 2.26. The minimum absolute atomic E-state index is 0.0356. The van der Waals surface area contributed by atoms with Crippen LogP contribution in [0.15, 0.2) is 24.3 Å². The fourth-order valence-electron chi connectivity index (χ4n) is 3.19. The number of nitrogens with one attached hydrogen (secondary N) is 1. The van der Waals surface area contributed by atoms with Gasteiger partial charge in [0, 0.05) is 36.0 Å². The number of rotatable bonds is 7. The Hall–Kier alpha value is -1.39. The number of amides is 1. The highest BCUT2D eigenvalue weighted by Gasteiger charge is 2.24. The molecule has 1 aliphatic rings. The Balaban J connectivity index is 1.79. The summed E-state index contributed by atoms with van der Waals surface area (Å²) in [5, 5.41) is 3.61. The van der Waals surface area contributed by atoms with Gasteiger partial charge in [-0.15, -0.1) is 0 Å². The zero-order valence-electron chi connectivity index (χ0n) is 13.4. The zero-order chi connectivity index (χ0) is 16.7. The molecule has 1 unspecified atom stereocenters. The summed E-state index contributed by atoms with van der Waals surface area (Å²) in [4.78, 5) is 24.2. The number of nitrogens with two attached hydrogens (primary N) is 1. The smallest absolute Gasteiger partial charge is 0.220 e. The van der Waals surface area contributed by atoms with E-state index in [1.165, 1.54) is 19.3 Å². The molecule has 0 aromatic heterocycles. The molecule has 0 radical (unpaired) electrons. The number of hydrogen-bond donors (Lipinski definition) is 2. The van der Waals surface area contributed by atoms with Crippen LogP contribution in [-0.4, -0.2) is 24.3 Å². The normalized spacial score (nSPS) is 16.8. The first-order chi connectivity index (χ1) is 11.1. The van der Waals surface area contributed by atoms with Crippen molar-refractivity contribution in [1.29, 1.82) is 0 Å². The standard InChI is InChI=1S/C18H25ClN2O2/c19-15-8-6-14(7-9-15)17(22)10-11-18(23)21-16(12-20)13-4-2-1-3-5-13/h6-9,13,16H,1-5,10-12,20H2,(H,21,23). The Bertz CT molecular complexity index is 524. The molecule has 126 valence electrons. The van der Waals surface area contributed by atoms with Gasteiger partial charge in [0.15, 0.2) is 5.78 Å². The Labute approximate surface area is 142 Å². The highest BCUT2D eigenvalue weighted by atomic mass is 35.5. The number of hydrogen-bond acceptors (Lipinski definition) is 3. The van der Waals surface area contributed by atoms with E-state index in [0.717, 1.165) is 12.8 Å². The van der Waals surface area contributed by atoms with E-state index in [0.29, 0.717) is 23.0 Å². The van der Waals surface area contributed by atoms with Gasteiger partial charge in [0.2, 0.25) is 5.91 Å². The molecule has 0 heterocycles. The van der Waals surface area contributed by atoms with Crippen LogP contribution < -0.4 is 11.1 Å². The maximum absolute atomic E-state index is 12.1. The lowest BCUT2D eigenvalue weighted by Gasteiger charge is -2.30. The van der Waals surface area contributed by atoms with Crippen LogP contribution in [0.25, 0.3) is 0 Å². The molecule has 4 nitrogen and oxygen atoms in total. The van der Waals surface area contributed by atoms with Crippen LogP contribution in [0, 0.1) is 5.92 Å². The maximum Gasteiger partial charge on any atom is 0.220 e. The fraction of sp³-hybridized carbons (Fsp3) is 0.556. The van der Waals surface area contributed by atoms with Crippen molar-refractivity contribution in [3.63, 3.8) is 0 Å². The van der Waals surface area contributed by atoms with E-state index in [2.05, 4.69) is 5.32 Å². The second-order valence-corrected chi connectivity index (χ2v) is 6.67. The highest BCUT2D eigenvalue weighted by molar-refractivity contribution is 6.30. The van der Waals surface area contributed by atoms with Gasteiger partial charge in [-0.3, -0.25) is 9.59 Å². The lowest BCUT2D eigenvalue weighted by Crippen LogP contribution is -2.45. The van der Waals surface area contributed by atoms with E-state index in [9.17, 15) is 9.59 Å². The van der Waals surface area contributed by atoms with Crippen LogP contribution in [0.3, 0.4) is 0 Å². The molecule has 1 atom stereocenters. The van der Waals surface area contributed by atoms with Crippen molar-refractivity contribution >= 4 is 23.3 Å². The second kappa shape index (κ2) is 9.04. The van der Waals surface area contributed by atoms with E-state index in [1.54, 1.807) is 24.3 Å². The minimum atomic E-state index is -0.0895. The monoisotopic (exact) mass is 336 g/mol. The number of carbonyl (C=O) groups excluding carboxylic acids is 2. The summed E-state index contributed by atoms with van der Waals surface area (Å²) >= 11 is 5.80. The SMILES string of the molecule is NCC(NC(=O)CCC(=O)c1ccc(Cl)cc1)C1CCCCC1. The lowest BCUT2D eigenvalue weighted by molar-refractivity contribution is -0.122. The first kappa shape index (κ1) is 18.0. The summed E-state index contributed by atoms with van der Waals surface area (Å²) in [5.41, 5.74) is 6.41. The van der Waals surface area contributed by atoms with Crippen molar-refractivity contribution in [3.05, 3.63) is 34.9 Å². The molecule has 1 fully saturated rings. The van der Waals surface area contributed by atoms with Gasteiger partial charge >= 0.3 is 0 Å². The van der Waals surface area contributed by atoms with Gasteiger partial charge in [-0.05, 0) is 43.0 Å². The van der Waals surface area contributed by atoms with Crippen LogP contribution >= 0.6 is 11.6 Å². The molecule has 0 bridgehead atoms. The topological polar surface area (TPSA) is 72.2 Å². The second-order valence-electron chi connectivity index (χ2n) is 6.24. The van der Waals surface area contributed by atoms with Gasteiger partial charge in [-0.25, -0.2) is 0 Å². The van der Waals surface area contributed by atoms with Gasteiger partial charge < -0.3 is 11.1 Å². The van der Waals surface area contributed by atoms with E-state index in [-0.39, 0.29) is 30.6 Å². The quantitative estimate of drug-likeness (QED) is 0.750. The molecule has 5 heteroatoms. The van der Waals surface area contributed by atoms with E-state index < -0.39 is 0 Å². The molecule has 1 aromatic rings. The van der Waals surface area contributed by atoms with Gasteiger partial charge in [0.1, 0.15) is 0 Å². The first-order valence-corrected chi connectivity index (χ1v) is 8.76. The fourth-order valence-corrected chi connectivity index (χ4v) is 3.32. The van der Waals surface area contributed by atoms with Crippen molar-refractivity contribution in [1.82, 2.24) is 5.32 Å². The first-order valence-electron chi connectivity index (χ1n) is 8.38. The molecule has 1 aromatic carbocycles. The molecule has 0 aliphatic heterocycles. The van der Waals surface area contributed by atoms with Gasteiger partial charge in [0.25, 0.3) is 0 Å². The molecule has 1 aliphatic carbocycles. The third kappa shape index (κ3) is 5.63. The number of ketones is 1. The molecule has 23 heavy (non-hydrogen) atoms. The van der Waals surface area contributed by atoms with E-state index in [1.807, 2.05) is 0 Å². The molecule has 0 saturated heterocycles. The number of benzene rings is 1. The predicted octanol–water partition coefficient (Wildman–Crippen LogP) is 3.33. The lowest BCUT2D eigenvalue weighted by atomic mass is 9.84. The van der Waals surface area contributed by atoms with Crippen LogP contribution in [0.1, 0.15) is 55.3 Å². The van der Waals surface area contributed by atoms with Crippen molar-refractivity contribution in [2.24, 2.45) is 11.7 Å². The number of halogens is 1. The number of carbonyl (C=O) groups is 2. The molecule has 2 rings (SSSR count). The molecule has 1 amide bonds. The van der Waals surface area contributed by atoms with Gasteiger partial charge in [-0.1, -0.05) is 30.9 Å². The molecular formula is C18H25ClN2O2. The molecular weight excluding hydrogens is 312 g/mol. The molecule has 3 N–H and O–H groups in total. The van der Waals surface area contributed by atoms with Crippen molar-refractivity contribution in [3.8, 4) is 0 Å². The Kier molecular flexibility index (Phi) is 7.06. The van der Waals surface area contributed by atoms with Gasteiger partial charge in [-0.2, -0.15) is 0 Å². The maximum atomic E-state index is 12.1. The summed E-state index contributed by atoms with van der Waals surface area (Å²) in [5.74, 6) is 0.344. The van der Waals surface area contributed by atoms with Gasteiger partial charge in [0.05, 0.1) is 0 Å². The summed E-state index contributed by atoms with van der Waals surface area (Å²) in [6.45, 7) is 0.460. The number of Topliss-reactive ketones (excluding diaryl/α,β-unsaturated/α-hetero) is 1. The van der Waals surface area contributed by atoms with Crippen LogP contribution in [-0.2, 0) is 4.79 Å². The van der Waals surface area contributed by atoms with E-state index in [4.69, 9.17) is 17.3 Å². The largest absolute Gasteiger partial charge is 0.352 e. The minimum Gasteiger partial charge on any atom is -0.352 e. The third-order valence-corrected chi connectivity index (χ3v) is 4.82. The average molecular weight is 337 g/mol.